The van der Waals surface area contributed by atoms with Crippen molar-refractivity contribution in [2.24, 2.45) is 0 Å². The van der Waals surface area contributed by atoms with Gasteiger partial charge in [0, 0.05) is 15.7 Å². The summed E-state index contributed by atoms with van der Waals surface area (Å²) in [5, 5.41) is 6.95. The topological polar surface area (TPSA) is 41.1 Å². The summed E-state index contributed by atoms with van der Waals surface area (Å²) >= 11 is 11.7. The summed E-state index contributed by atoms with van der Waals surface area (Å²) in [7, 11) is 0. The Bertz CT molecular complexity index is 383. The third-order valence-corrected chi connectivity index (χ3v) is 2.94. The number of rotatable bonds is 2. The third kappa shape index (κ3) is 2.88. The molecule has 86 valence electrons. The van der Waals surface area contributed by atoms with Crippen molar-refractivity contribution in [2.45, 2.75) is 18.9 Å². The molecule has 0 spiro atoms. The van der Waals surface area contributed by atoms with Crippen molar-refractivity contribution < 1.29 is 4.79 Å². The number of halogens is 2. The lowest BCUT2D eigenvalue weighted by Gasteiger charge is -2.11. The molecule has 2 N–H and O–H groups in total. The summed E-state index contributed by atoms with van der Waals surface area (Å²) in [6.45, 7) is 0.897. The average molecular weight is 259 g/mol. The molecule has 1 saturated heterocycles. The van der Waals surface area contributed by atoms with Gasteiger partial charge in [-0.05, 0) is 37.6 Å². The molecule has 5 heteroatoms. The number of benzene rings is 1. The molecule has 0 aromatic heterocycles. The Balaban J connectivity index is 2.05. The molecule has 0 unspecified atom stereocenters. The standard InChI is InChI=1S/C11H12Cl2N2O/c12-7-4-8(13)6-9(5-7)15-11(16)10-2-1-3-14-10/h4-6,10,14H,1-3H2,(H,15,16)/t10-/m0/s1. The largest absolute Gasteiger partial charge is 0.325 e. The highest BCUT2D eigenvalue weighted by Crippen LogP contribution is 2.22. The molecule has 1 aliphatic rings. The number of anilines is 1. The Hall–Kier alpha value is -0.770. The molecule has 0 radical (unpaired) electrons. The summed E-state index contributed by atoms with van der Waals surface area (Å²) in [6, 6.07) is 4.89. The fourth-order valence-corrected chi connectivity index (χ4v) is 2.29. The van der Waals surface area contributed by atoms with Crippen LogP contribution in [0.5, 0.6) is 0 Å². The number of carbonyl (C=O) groups is 1. The van der Waals surface area contributed by atoms with E-state index in [1.54, 1.807) is 18.2 Å². The van der Waals surface area contributed by atoms with Gasteiger partial charge in [-0.25, -0.2) is 0 Å². The van der Waals surface area contributed by atoms with Gasteiger partial charge in [0.25, 0.3) is 0 Å². The van der Waals surface area contributed by atoms with E-state index in [0.717, 1.165) is 19.4 Å². The summed E-state index contributed by atoms with van der Waals surface area (Å²) < 4.78 is 0. The van der Waals surface area contributed by atoms with Crippen molar-refractivity contribution in [2.75, 3.05) is 11.9 Å². The van der Waals surface area contributed by atoms with Gasteiger partial charge >= 0.3 is 0 Å². The predicted molar refractivity (Wildman–Crippen MR) is 66.1 cm³/mol. The van der Waals surface area contributed by atoms with Crippen LogP contribution < -0.4 is 10.6 Å². The fraction of sp³-hybridized carbons (Fsp3) is 0.364. The average Bonchev–Trinajstić information content (AvgIpc) is 2.68. The van der Waals surface area contributed by atoms with Gasteiger partial charge in [-0.1, -0.05) is 23.2 Å². The molecule has 0 aliphatic carbocycles. The zero-order chi connectivity index (χ0) is 11.5. The number of carbonyl (C=O) groups excluding carboxylic acids is 1. The van der Waals surface area contributed by atoms with Crippen LogP contribution in [0.4, 0.5) is 5.69 Å². The second kappa shape index (κ2) is 5.04. The van der Waals surface area contributed by atoms with Crippen LogP contribution in [0, 0.1) is 0 Å². The van der Waals surface area contributed by atoms with E-state index < -0.39 is 0 Å². The molecule has 1 atom stereocenters. The van der Waals surface area contributed by atoms with Crippen LogP contribution in [0.3, 0.4) is 0 Å². The fourth-order valence-electron chi connectivity index (χ4n) is 1.76. The van der Waals surface area contributed by atoms with Crippen LogP contribution in [0.25, 0.3) is 0 Å². The number of hydrogen-bond donors (Lipinski definition) is 2. The van der Waals surface area contributed by atoms with Gasteiger partial charge in [-0.15, -0.1) is 0 Å². The van der Waals surface area contributed by atoms with Crippen molar-refractivity contribution in [1.82, 2.24) is 5.32 Å². The lowest BCUT2D eigenvalue weighted by atomic mass is 10.2. The minimum absolute atomic E-state index is 0.0316. The second-order valence-corrected chi connectivity index (χ2v) is 4.67. The first-order chi connectivity index (χ1) is 7.65. The molecule has 3 nitrogen and oxygen atoms in total. The molecule has 1 heterocycles. The Labute approximate surface area is 104 Å². The van der Waals surface area contributed by atoms with Gasteiger partial charge in [0.1, 0.15) is 0 Å². The van der Waals surface area contributed by atoms with Crippen molar-refractivity contribution in [3.8, 4) is 0 Å². The van der Waals surface area contributed by atoms with E-state index in [4.69, 9.17) is 23.2 Å². The van der Waals surface area contributed by atoms with Crippen LogP contribution in [-0.4, -0.2) is 18.5 Å². The number of hydrogen-bond acceptors (Lipinski definition) is 2. The highest BCUT2D eigenvalue weighted by Gasteiger charge is 2.21. The number of nitrogens with one attached hydrogen (secondary N) is 2. The molecule has 1 aliphatic heterocycles. The van der Waals surface area contributed by atoms with Gasteiger partial charge in [0.2, 0.25) is 5.91 Å². The van der Waals surface area contributed by atoms with E-state index in [9.17, 15) is 4.79 Å². The maximum Gasteiger partial charge on any atom is 0.241 e. The maximum atomic E-state index is 11.8. The van der Waals surface area contributed by atoms with Crippen molar-refractivity contribution in [3.63, 3.8) is 0 Å². The first kappa shape index (κ1) is 11.7. The van der Waals surface area contributed by atoms with Crippen molar-refractivity contribution >= 4 is 34.8 Å². The normalized spacial score (nSPS) is 19.8. The molecule has 2 rings (SSSR count). The number of amides is 1. The Morgan fingerprint density at radius 3 is 2.56 bits per heavy atom. The molecule has 1 amide bonds. The molecule has 1 fully saturated rings. The van der Waals surface area contributed by atoms with Crippen LogP contribution in [0.1, 0.15) is 12.8 Å². The summed E-state index contributed by atoms with van der Waals surface area (Å²) in [6.07, 6.45) is 1.91. The van der Waals surface area contributed by atoms with Gasteiger partial charge < -0.3 is 10.6 Å². The highest BCUT2D eigenvalue weighted by molar-refractivity contribution is 6.35. The van der Waals surface area contributed by atoms with Crippen LogP contribution >= 0.6 is 23.2 Å². The van der Waals surface area contributed by atoms with E-state index in [2.05, 4.69) is 10.6 Å². The van der Waals surface area contributed by atoms with Gasteiger partial charge in [0.05, 0.1) is 6.04 Å². The minimum atomic E-state index is -0.0993. The quantitative estimate of drug-likeness (QED) is 0.857. The second-order valence-electron chi connectivity index (χ2n) is 3.80. The SMILES string of the molecule is O=C(Nc1cc(Cl)cc(Cl)c1)[C@@H]1CCCN1. The zero-order valence-electron chi connectivity index (χ0n) is 8.59. The van der Waals surface area contributed by atoms with Crippen LogP contribution in [-0.2, 0) is 4.79 Å². The molecule has 1 aromatic rings. The molecular weight excluding hydrogens is 247 g/mol. The lowest BCUT2D eigenvalue weighted by Crippen LogP contribution is -2.35. The smallest absolute Gasteiger partial charge is 0.241 e. The van der Waals surface area contributed by atoms with Gasteiger partial charge in [0.15, 0.2) is 0 Å². The van der Waals surface area contributed by atoms with Crippen molar-refractivity contribution in [1.29, 1.82) is 0 Å². The lowest BCUT2D eigenvalue weighted by molar-refractivity contribution is -0.117. The molecular formula is C11H12Cl2N2O. The molecule has 0 saturated carbocycles. The van der Waals surface area contributed by atoms with Crippen molar-refractivity contribution in [3.05, 3.63) is 28.2 Å². The maximum absolute atomic E-state index is 11.8. The van der Waals surface area contributed by atoms with E-state index in [0.29, 0.717) is 15.7 Å². The van der Waals surface area contributed by atoms with Gasteiger partial charge in [-0.2, -0.15) is 0 Å². The monoisotopic (exact) mass is 258 g/mol. The summed E-state index contributed by atoms with van der Waals surface area (Å²) in [5.74, 6) is -0.0316. The Kier molecular flexibility index (Phi) is 3.69. The predicted octanol–water partition coefficient (Wildman–Crippen LogP) is 2.68. The van der Waals surface area contributed by atoms with E-state index in [-0.39, 0.29) is 11.9 Å². The van der Waals surface area contributed by atoms with Gasteiger partial charge in [-0.3, -0.25) is 4.79 Å². The molecule has 0 bridgehead atoms. The third-order valence-electron chi connectivity index (χ3n) is 2.51. The molecule has 16 heavy (non-hydrogen) atoms. The zero-order valence-corrected chi connectivity index (χ0v) is 10.1. The summed E-state index contributed by atoms with van der Waals surface area (Å²) in [5.41, 5.74) is 0.635. The van der Waals surface area contributed by atoms with E-state index in [1.165, 1.54) is 0 Å². The first-order valence-corrected chi connectivity index (χ1v) is 5.91. The molecule has 1 aromatic carbocycles. The highest BCUT2D eigenvalue weighted by atomic mass is 35.5. The Morgan fingerprint density at radius 2 is 2.00 bits per heavy atom. The van der Waals surface area contributed by atoms with E-state index in [1.807, 2.05) is 0 Å². The minimum Gasteiger partial charge on any atom is -0.325 e. The first-order valence-electron chi connectivity index (χ1n) is 5.15. The van der Waals surface area contributed by atoms with E-state index >= 15 is 0 Å². The van der Waals surface area contributed by atoms with Crippen LogP contribution in [0.15, 0.2) is 18.2 Å². The van der Waals surface area contributed by atoms with Crippen LogP contribution in [0.2, 0.25) is 10.0 Å². The summed E-state index contributed by atoms with van der Waals surface area (Å²) in [4.78, 5) is 11.8. The Morgan fingerprint density at radius 1 is 1.31 bits per heavy atom.